The van der Waals surface area contributed by atoms with Crippen molar-refractivity contribution >= 4 is 22.6 Å². The summed E-state index contributed by atoms with van der Waals surface area (Å²) in [4.78, 5) is 0. The van der Waals surface area contributed by atoms with Crippen molar-refractivity contribution in [3.63, 3.8) is 0 Å². The molecule has 0 spiro atoms. The molecular formula is C16H22F3IO. The molecular weight excluding hydrogens is 392 g/mol. The first-order valence-corrected chi connectivity index (χ1v) is 8.57. The number of ether oxygens (including phenoxy) is 1. The van der Waals surface area contributed by atoms with E-state index in [2.05, 4.69) is 48.6 Å². The van der Waals surface area contributed by atoms with Crippen molar-refractivity contribution in [2.45, 2.75) is 51.3 Å². The molecule has 0 aliphatic carbocycles. The van der Waals surface area contributed by atoms with E-state index >= 15 is 0 Å². The van der Waals surface area contributed by atoms with Crippen LogP contribution >= 0.6 is 22.6 Å². The van der Waals surface area contributed by atoms with Gasteiger partial charge in [0.25, 0.3) is 0 Å². The van der Waals surface area contributed by atoms with Gasteiger partial charge in [0, 0.05) is 17.5 Å². The van der Waals surface area contributed by atoms with Crippen molar-refractivity contribution in [3.8, 4) is 0 Å². The van der Waals surface area contributed by atoms with Crippen molar-refractivity contribution in [1.82, 2.24) is 0 Å². The van der Waals surface area contributed by atoms with Crippen molar-refractivity contribution in [2.75, 3.05) is 11.0 Å². The van der Waals surface area contributed by atoms with E-state index < -0.39 is 18.2 Å². The van der Waals surface area contributed by atoms with Crippen LogP contribution in [0.3, 0.4) is 0 Å². The minimum Gasteiger partial charge on any atom is -0.370 e. The Bertz CT molecular complexity index is 428. The largest absolute Gasteiger partial charge is 0.389 e. The first-order valence-electron chi connectivity index (χ1n) is 7.05. The minimum atomic E-state index is -4.11. The van der Waals surface area contributed by atoms with Crippen molar-refractivity contribution in [1.29, 1.82) is 0 Å². The highest BCUT2D eigenvalue weighted by atomic mass is 127. The average Bonchev–Trinajstić information content (AvgIpc) is 2.42. The molecule has 0 N–H and O–H groups in total. The molecule has 21 heavy (non-hydrogen) atoms. The zero-order chi connectivity index (χ0) is 16.1. The smallest absolute Gasteiger partial charge is 0.370 e. The van der Waals surface area contributed by atoms with E-state index in [1.807, 2.05) is 19.1 Å². The molecule has 0 radical (unpaired) electrons. The van der Waals surface area contributed by atoms with Crippen LogP contribution in [0.25, 0.3) is 0 Å². The molecule has 1 unspecified atom stereocenters. The highest BCUT2D eigenvalue weighted by molar-refractivity contribution is 14.1. The molecule has 0 amide bonds. The van der Waals surface area contributed by atoms with E-state index in [9.17, 15) is 13.2 Å². The SMILES string of the molecule is CC(C)c1ccc(C(C)(CI)OCCCC(F)(F)F)cc1. The normalized spacial score (nSPS) is 15.2. The minimum absolute atomic E-state index is 0.000191. The molecule has 0 aromatic heterocycles. The Hall–Kier alpha value is -0.300. The standard InChI is InChI=1S/C16H22F3IO/c1-12(2)13-5-7-14(8-6-13)15(3,11-20)21-10-4-9-16(17,18)19/h5-8,12H,4,9-11H2,1-3H3. The maximum absolute atomic E-state index is 12.1. The van der Waals surface area contributed by atoms with Crippen LogP contribution in [-0.4, -0.2) is 17.2 Å². The van der Waals surface area contributed by atoms with E-state index in [-0.39, 0.29) is 13.0 Å². The van der Waals surface area contributed by atoms with Crippen LogP contribution in [0.4, 0.5) is 13.2 Å². The lowest BCUT2D eigenvalue weighted by Gasteiger charge is -2.29. The third-order valence-electron chi connectivity index (χ3n) is 3.47. The zero-order valence-corrected chi connectivity index (χ0v) is 14.8. The van der Waals surface area contributed by atoms with Crippen LogP contribution in [0.5, 0.6) is 0 Å². The number of benzene rings is 1. The zero-order valence-electron chi connectivity index (χ0n) is 12.6. The van der Waals surface area contributed by atoms with E-state index in [4.69, 9.17) is 4.74 Å². The Morgan fingerprint density at radius 2 is 1.71 bits per heavy atom. The summed E-state index contributed by atoms with van der Waals surface area (Å²) in [6.07, 6.45) is -4.90. The monoisotopic (exact) mass is 414 g/mol. The quantitative estimate of drug-likeness (QED) is 0.311. The molecule has 0 saturated carbocycles. The summed E-state index contributed by atoms with van der Waals surface area (Å²) >= 11 is 2.21. The third-order valence-corrected chi connectivity index (χ3v) is 4.92. The van der Waals surface area contributed by atoms with Gasteiger partial charge in [0.05, 0.1) is 5.60 Å². The maximum Gasteiger partial charge on any atom is 0.389 e. The summed E-state index contributed by atoms with van der Waals surface area (Å²) < 4.78 is 42.9. The summed E-state index contributed by atoms with van der Waals surface area (Å²) in [6.45, 7) is 6.29. The lowest BCUT2D eigenvalue weighted by Crippen LogP contribution is -2.28. The first kappa shape index (κ1) is 18.7. The van der Waals surface area contributed by atoms with Gasteiger partial charge in [-0.25, -0.2) is 0 Å². The summed E-state index contributed by atoms with van der Waals surface area (Å²) in [7, 11) is 0. The summed E-state index contributed by atoms with van der Waals surface area (Å²) in [5.74, 6) is 0.456. The Kier molecular flexibility index (Phi) is 6.97. The van der Waals surface area contributed by atoms with Crippen LogP contribution in [-0.2, 0) is 10.3 Å². The van der Waals surface area contributed by atoms with Gasteiger partial charge in [-0.3, -0.25) is 0 Å². The lowest BCUT2D eigenvalue weighted by molar-refractivity contribution is -0.140. The van der Waals surface area contributed by atoms with Crippen LogP contribution in [0.2, 0.25) is 0 Å². The van der Waals surface area contributed by atoms with Crippen LogP contribution in [0.1, 0.15) is 50.7 Å². The summed E-state index contributed by atoms with van der Waals surface area (Å²) in [6, 6.07) is 8.14. The number of hydrogen-bond donors (Lipinski definition) is 0. The number of alkyl halides is 4. The van der Waals surface area contributed by atoms with Crippen LogP contribution < -0.4 is 0 Å². The number of rotatable bonds is 7. The highest BCUT2D eigenvalue weighted by Gasteiger charge is 2.29. The van der Waals surface area contributed by atoms with E-state index in [1.165, 1.54) is 5.56 Å². The Labute approximate surface area is 138 Å². The molecule has 0 aliphatic rings. The molecule has 1 aromatic rings. The van der Waals surface area contributed by atoms with Gasteiger partial charge >= 0.3 is 6.18 Å². The predicted octanol–water partition coefficient (Wildman–Crippen LogP) is 5.82. The predicted molar refractivity (Wildman–Crippen MR) is 88.0 cm³/mol. The van der Waals surface area contributed by atoms with Gasteiger partial charge < -0.3 is 4.74 Å². The van der Waals surface area contributed by atoms with E-state index in [0.717, 1.165) is 5.56 Å². The molecule has 1 atom stereocenters. The molecule has 1 rings (SSSR count). The molecule has 120 valence electrons. The van der Waals surface area contributed by atoms with Crippen LogP contribution in [0.15, 0.2) is 24.3 Å². The molecule has 0 saturated heterocycles. The third kappa shape index (κ3) is 6.14. The van der Waals surface area contributed by atoms with Gasteiger partial charge in [0.2, 0.25) is 0 Å². The number of halogens is 4. The second kappa shape index (κ2) is 7.81. The van der Waals surface area contributed by atoms with Gasteiger partial charge in [-0.1, -0.05) is 60.7 Å². The Balaban J connectivity index is 2.66. The molecule has 0 aliphatic heterocycles. The maximum atomic E-state index is 12.1. The molecule has 1 aromatic carbocycles. The summed E-state index contributed by atoms with van der Waals surface area (Å²) in [5, 5.41) is 0. The molecule has 0 heterocycles. The van der Waals surface area contributed by atoms with Crippen molar-refractivity contribution < 1.29 is 17.9 Å². The van der Waals surface area contributed by atoms with E-state index in [0.29, 0.717) is 10.3 Å². The number of hydrogen-bond acceptors (Lipinski definition) is 1. The first-order chi connectivity index (χ1) is 9.68. The summed E-state index contributed by atoms with van der Waals surface area (Å²) in [5.41, 5.74) is 1.71. The average molecular weight is 414 g/mol. The highest BCUT2D eigenvalue weighted by Crippen LogP contribution is 2.30. The van der Waals surface area contributed by atoms with Gasteiger partial charge in [-0.15, -0.1) is 0 Å². The fourth-order valence-corrected chi connectivity index (χ4v) is 2.65. The van der Waals surface area contributed by atoms with Gasteiger partial charge in [0.15, 0.2) is 0 Å². The fraction of sp³-hybridized carbons (Fsp3) is 0.625. The molecule has 5 heteroatoms. The fourth-order valence-electron chi connectivity index (χ4n) is 1.99. The van der Waals surface area contributed by atoms with Crippen LogP contribution in [0, 0.1) is 0 Å². The van der Waals surface area contributed by atoms with Crippen molar-refractivity contribution in [2.24, 2.45) is 0 Å². The van der Waals surface area contributed by atoms with Crippen molar-refractivity contribution in [3.05, 3.63) is 35.4 Å². The molecule has 0 bridgehead atoms. The lowest BCUT2D eigenvalue weighted by atomic mass is 9.94. The van der Waals surface area contributed by atoms with Gasteiger partial charge in [0.1, 0.15) is 0 Å². The second-order valence-corrected chi connectivity index (χ2v) is 6.47. The molecule has 0 fully saturated rings. The Morgan fingerprint density at radius 1 is 1.14 bits per heavy atom. The van der Waals surface area contributed by atoms with Gasteiger partial charge in [-0.2, -0.15) is 13.2 Å². The van der Waals surface area contributed by atoms with E-state index in [1.54, 1.807) is 0 Å². The van der Waals surface area contributed by atoms with Gasteiger partial charge in [-0.05, 0) is 30.4 Å². The topological polar surface area (TPSA) is 9.23 Å². The second-order valence-electron chi connectivity index (χ2n) is 5.71. The molecule has 1 nitrogen and oxygen atoms in total. The Morgan fingerprint density at radius 3 is 2.14 bits per heavy atom.